The number of rotatable bonds is 8. The van der Waals surface area contributed by atoms with Crippen LogP contribution in [0.25, 0.3) is 20.8 Å². The minimum Gasteiger partial charge on any atom is -0.274 e. The smallest absolute Gasteiger partial charge is 0.252 e. The van der Waals surface area contributed by atoms with E-state index in [4.69, 9.17) is 4.98 Å². The Balaban J connectivity index is 1.27. The lowest BCUT2D eigenvalue weighted by atomic mass is 9.97. The molecule has 6 rings (SSSR count). The van der Waals surface area contributed by atoms with Crippen LogP contribution in [0.4, 0.5) is 5.69 Å². The number of imide groups is 1. The highest BCUT2D eigenvalue weighted by Gasteiger charge is 2.46. The van der Waals surface area contributed by atoms with Crippen molar-refractivity contribution in [3.8, 4) is 10.6 Å². The number of carbonyl (C=O) groups excluding carboxylic acids is 2. The van der Waals surface area contributed by atoms with Crippen LogP contribution in [0.5, 0.6) is 0 Å². The van der Waals surface area contributed by atoms with Gasteiger partial charge in [-0.2, -0.15) is 4.31 Å². The van der Waals surface area contributed by atoms with Crippen molar-refractivity contribution in [2.24, 2.45) is 0 Å². The van der Waals surface area contributed by atoms with Crippen molar-refractivity contribution < 1.29 is 18.0 Å². The van der Waals surface area contributed by atoms with E-state index in [0.29, 0.717) is 12.1 Å². The van der Waals surface area contributed by atoms with Gasteiger partial charge in [0, 0.05) is 12.1 Å². The van der Waals surface area contributed by atoms with Crippen LogP contribution in [0, 0.1) is 6.92 Å². The number of carbonyl (C=O) groups is 2. The minimum atomic E-state index is -4.01. The summed E-state index contributed by atoms with van der Waals surface area (Å²) < 4.78 is 29.9. The van der Waals surface area contributed by atoms with Crippen molar-refractivity contribution in [1.29, 1.82) is 0 Å². The first-order chi connectivity index (χ1) is 19.8. The van der Waals surface area contributed by atoms with Crippen molar-refractivity contribution >= 4 is 49.1 Å². The highest BCUT2D eigenvalue weighted by atomic mass is 32.2. The zero-order valence-electron chi connectivity index (χ0n) is 22.8. The summed E-state index contributed by atoms with van der Waals surface area (Å²) in [7, 11) is -4.01. The number of amides is 2. The molecule has 2 aliphatic rings. The number of benzene rings is 3. The molecule has 1 fully saturated rings. The summed E-state index contributed by atoms with van der Waals surface area (Å²) in [5.41, 5.74) is 4.62. The molecule has 1 atom stereocenters. The zero-order chi connectivity index (χ0) is 28.6. The lowest BCUT2D eigenvalue weighted by Crippen LogP contribution is -2.46. The predicted octanol–water partition coefficient (Wildman–Crippen LogP) is 6.49. The third kappa shape index (κ3) is 5.49. The Labute approximate surface area is 244 Å². The van der Waals surface area contributed by atoms with Gasteiger partial charge in [-0.3, -0.25) is 9.59 Å². The second kappa shape index (κ2) is 11.3. The van der Waals surface area contributed by atoms with Crippen LogP contribution in [-0.2, 0) is 19.6 Å². The number of fused-ring (bicyclic) bond motifs is 1. The molecule has 1 aliphatic carbocycles. The van der Waals surface area contributed by atoms with Crippen LogP contribution < -0.4 is 4.90 Å². The number of nitrogens with zero attached hydrogens (tertiary/aromatic N) is 3. The van der Waals surface area contributed by atoms with Gasteiger partial charge < -0.3 is 0 Å². The Morgan fingerprint density at radius 1 is 1.00 bits per heavy atom. The average Bonchev–Trinajstić information content (AvgIpc) is 3.53. The molecular weight excluding hydrogens is 555 g/mol. The molecule has 1 aromatic heterocycles. The standard InChI is InChI=1S/C32H31N3O4S2/c1-22-12-17-27-29(20-22)40-31(33-27)24-13-15-25(16-14-24)35-30(36)21-28(32(35)37)34(19-18-23-8-4-2-5-9-23)41(38,39)26-10-6-3-7-11-26/h3,6-8,10-17,20,28H,2,4-5,9,18-19,21H2,1H3. The van der Waals surface area contributed by atoms with Crippen LogP contribution in [0.3, 0.4) is 0 Å². The van der Waals surface area contributed by atoms with Crippen LogP contribution in [-0.4, -0.2) is 42.1 Å². The maximum Gasteiger partial charge on any atom is 0.252 e. The van der Waals surface area contributed by atoms with Crippen molar-refractivity contribution in [3.05, 3.63) is 90.0 Å². The van der Waals surface area contributed by atoms with E-state index in [9.17, 15) is 18.0 Å². The molecule has 0 saturated carbocycles. The first-order valence-electron chi connectivity index (χ1n) is 13.9. The summed E-state index contributed by atoms with van der Waals surface area (Å²) in [5, 5.41) is 0.853. The minimum absolute atomic E-state index is 0.117. The van der Waals surface area contributed by atoms with E-state index in [1.807, 2.05) is 31.2 Å². The van der Waals surface area contributed by atoms with Gasteiger partial charge in [0.05, 0.1) is 27.2 Å². The molecule has 1 saturated heterocycles. The first-order valence-corrected chi connectivity index (χ1v) is 16.2. The summed E-state index contributed by atoms with van der Waals surface area (Å²) in [6.07, 6.45) is 6.67. The van der Waals surface area contributed by atoms with E-state index >= 15 is 0 Å². The average molecular weight is 586 g/mol. The summed E-state index contributed by atoms with van der Waals surface area (Å²) in [4.78, 5) is 33.0. The number of sulfonamides is 1. The van der Waals surface area contributed by atoms with E-state index in [-0.39, 0.29) is 17.9 Å². The predicted molar refractivity (Wildman–Crippen MR) is 162 cm³/mol. The van der Waals surface area contributed by atoms with Gasteiger partial charge in [-0.25, -0.2) is 18.3 Å². The van der Waals surface area contributed by atoms with E-state index in [0.717, 1.165) is 51.4 Å². The summed E-state index contributed by atoms with van der Waals surface area (Å²) in [6.45, 7) is 2.20. The number of anilines is 1. The molecule has 2 amide bonds. The Kier molecular flexibility index (Phi) is 7.59. The van der Waals surface area contributed by atoms with E-state index in [2.05, 4.69) is 12.1 Å². The van der Waals surface area contributed by atoms with Crippen molar-refractivity contribution in [1.82, 2.24) is 9.29 Å². The van der Waals surface area contributed by atoms with Crippen LogP contribution in [0.15, 0.2) is 89.3 Å². The summed E-state index contributed by atoms with van der Waals surface area (Å²) in [6, 6.07) is 20.3. The Morgan fingerprint density at radius 3 is 2.51 bits per heavy atom. The Hall–Kier alpha value is -3.66. The maximum atomic E-state index is 13.8. The van der Waals surface area contributed by atoms with Gasteiger partial charge in [-0.05, 0) is 93.1 Å². The van der Waals surface area contributed by atoms with Crippen LogP contribution in [0.1, 0.15) is 44.1 Å². The van der Waals surface area contributed by atoms with E-state index < -0.39 is 27.9 Å². The van der Waals surface area contributed by atoms with Gasteiger partial charge in [-0.1, -0.05) is 35.9 Å². The van der Waals surface area contributed by atoms with Gasteiger partial charge in [0.1, 0.15) is 11.0 Å². The fourth-order valence-electron chi connectivity index (χ4n) is 5.58. The van der Waals surface area contributed by atoms with Crippen molar-refractivity contribution in [2.75, 3.05) is 11.4 Å². The lowest BCUT2D eigenvalue weighted by molar-refractivity contribution is -0.122. The van der Waals surface area contributed by atoms with E-state index in [1.165, 1.54) is 27.6 Å². The molecule has 0 N–H and O–H groups in total. The topological polar surface area (TPSA) is 87.7 Å². The third-order valence-electron chi connectivity index (χ3n) is 7.77. The molecule has 4 aromatic rings. The maximum absolute atomic E-state index is 13.8. The van der Waals surface area contributed by atoms with Gasteiger partial charge in [-0.15, -0.1) is 11.3 Å². The lowest BCUT2D eigenvalue weighted by Gasteiger charge is -2.27. The molecular formula is C32H31N3O4S2. The molecule has 210 valence electrons. The first kappa shape index (κ1) is 27.5. The molecule has 1 aliphatic heterocycles. The monoisotopic (exact) mass is 585 g/mol. The molecule has 9 heteroatoms. The fraction of sp³-hybridized carbons (Fsp3) is 0.281. The number of hydrogen-bond acceptors (Lipinski definition) is 6. The summed E-state index contributed by atoms with van der Waals surface area (Å²) >= 11 is 1.59. The fourth-order valence-corrected chi connectivity index (χ4v) is 8.25. The normalized spacial score (nSPS) is 18.0. The van der Waals surface area contributed by atoms with Gasteiger partial charge in [0.15, 0.2) is 0 Å². The van der Waals surface area contributed by atoms with Gasteiger partial charge in [0.2, 0.25) is 15.9 Å². The number of aryl methyl sites for hydroxylation is 1. The Bertz CT molecular complexity index is 1740. The summed E-state index contributed by atoms with van der Waals surface area (Å²) in [5.74, 6) is -0.927. The highest BCUT2D eigenvalue weighted by molar-refractivity contribution is 7.89. The second-order valence-corrected chi connectivity index (χ2v) is 13.5. The zero-order valence-corrected chi connectivity index (χ0v) is 24.5. The third-order valence-corrected chi connectivity index (χ3v) is 10.8. The number of hydrogen-bond donors (Lipinski definition) is 0. The number of allylic oxidation sites excluding steroid dienone is 1. The molecule has 0 spiro atoms. The van der Waals surface area contributed by atoms with Gasteiger partial charge >= 0.3 is 0 Å². The molecule has 2 heterocycles. The molecule has 7 nitrogen and oxygen atoms in total. The molecule has 3 aromatic carbocycles. The Morgan fingerprint density at radius 2 is 1.78 bits per heavy atom. The van der Waals surface area contributed by atoms with Crippen LogP contribution >= 0.6 is 11.3 Å². The largest absolute Gasteiger partial charge is 0.274 e. The number of thiazole rings is 1. The molecule has 0 radical (unpaired) electrons. The highest BCUT2D eigenvalue weighted by Crippen LogP contribution is 2.34. The molecule has 41 heavy (non-hydrogen) atoms. The molecule has 0 bridgehead atoms. The van der Waals surface area contributed by atoms with Crippen molar-refractivity contribution in [3.63, 3.8) is 0 Å². The van der Waals surface area contributed by atoms with E-state index in [1.54, 1.807) is 41.7 Å². The van der Waals surface area contributed by atoms with Crippen molar-refractivity contribution in [2.45, 2.75) is 56.4 Å². The van der Waals surface area contributed by atoms with Gasteiger partial charge in [0.25, 0.3) is 5.91 Å². The second-order valence-electron chi connectivity index (χ2n) is 10.6. The molecule has 1 unspecified atom stereocenters. The SMILES string of the molecule is Cc1ccc2nc(-c3ccc(N4C(=O)CC(N(CCC5=CCCCC5)S(=O)(=O)c5ccccc5)C4=O)cc3)sc2c1. The van der Waals surface area contributed by atoms with Crippen LogP contribution in [0.2, 0.25) is 0 Å². The quantitative estimate of drug-likeness (QED) is 0.174. The number of aromatic nitrogens is 1.